The predicted octanol–water partition coefficient (Wildman–Crippen LogP) is -2.42. The molecule has 0 aliphatic carbocycles. The molecule has 5 atom stereocenters. The molecule has 0 bridgehead atoms. The average molecular weight is 312 g/mol. The molecule has 6 N–H and O–H groups in total. The van der Waals surface area contributed by atoms with Crippen LogP contribution in [-0.4, -0.2) is 75.1 Å². The highest BCUT2D eigenvalue weighted by Gasteiger charge is 2.46. The molecule has 1 aromatic rings. The van der Waals surface area contributed by atoms with Gasteiger partial charge in [-0.3, -0.25) is 15.2 Å². The van der Waals surface area contributed by atoms with E-state index in [0.29, 0.717) is 11.5 Å². The van der Waals surface area contributed by atoms with Crippen LogP contribution < -0.4 is 11.1 Å². The van der Waals surface area contributed by atoms with Gasteiger partial charge in [0.05, 0.1) is 19.3 Å². The molecule has 0 aromatic carbocycles. The quantitative estimate of drug-likeness (QED) is 0.388. The first kappa shape index (κ1) is 15.3. The summed E-state index contributed by atoms with van der Waals surface area (Å²) in [5.74, 6) is -0.620. The average Bonchev–Trinajstić information content (AvgIpc) is 3.03. The van der Waals surface area contributed by atoms with E-state index in [2.05, 4.69) is 15.3 Å². The molecule has 10 nitrogen and oxygen atoms in total. The third-order valence-electron chi connectivity index (χ3n) is 4.08. The van der Waals surface area contributed by atoms with Crippen molar-refractivity contribution >= 4 is 12.2 Å². The van der Waals surface area contributed by atoms with Gasteiger partial charge in [0.15, 0.2) is 6.23 Å². The van der Waals surface area contributed by atoms with E-state index in [4.69, 9.17) is 10.5 Å². The Labute approximate surface area is 126 Å². The van der Waals surface area contributed by atoms with Crippen molar-refractivity contribution in [3.8, 4) is 0 Å². The number of nitrogens with zero attached hydrogens (tertiary/aromatic N) is 4. The summed E-state index contributed by atoms with van der Waals surface area (Å²) in [5.41, 5.74) is 6.73. The molecular formula is C12H20N6O4. The van der Waals surface area contributed by atoms with Crippen molar-refractivity contribution in [1.29, 1.82) is 0 Å². The summed E-state index contributed by atoms with van der Waals surface area (Å²) in [6.07, 6.45) is -1.20. The van der Waals surface area contributed by atoms with E-state index in [1.54, 1.807) is 19.0 Å². The number of nitrogens with one attached hydrogen (secondary N) is 1. The number of hydrogen-bond donors (Lipinski definition) is 5. The first-order chi connectivity index (χ1) is 10.4. The first-order valence-corrected chi connectivity index (χ1v) is 6.86. The number of aromatic nitrogens is 2. The first-order valence-electron chi connectivity index (χ1n) is 6.86. The van der Waals surface area contributed by atoms with Gasteiger partial charge in [-0.1, -0.05) is 0 Å². The predicted molar refractivity (Wildman–Crippen MR) is 76.9 cm³/mol. The van der Waals surface area contributed by atoms with Gasteiger partial charge in [-0.15, -0.1) is 0 Å². The van der Waals surface area contributed by atoms with Crippen molar-refractivity contribution in [3.05, 3.63) is 12.0 Å². The van der Waals surface area contributed by atoms with Crippen LogP contribution in [0.25, 0.3) is 0 Å². The fraction of sp³-hybridized carbons (Fsp3) is 0.667. The Kier molecular flexibility index (Phi) is 3.67. The van der Waals surface area contributed by atoms with Crippen LogP contribution in [0.5, 0.6) is 0 Å². The standard InChI is InChI=1S/C12H20N6O4/c1-17(2)12(13)9-10(14-4-16-12)18(5-15-9)11-8(21)7(20)6(3-19)22-11/h4-8,11,19-21H,3,13H2,1-2H3,(H,14,16)/t6-,7-,8-,11-,12?/m1/s1. The lowest BCUT2D eigenvalue weighted by molar-refractivity contribution is -0.0519. The number of imidazole rings is 1. The largest absolute Gasteiger partial charge is 0.394 e. The molecule has 0 amide bonds. The van der Waals surface area contributed by atoms with E-state index in [1.165, 1.54) is 17.2 Å². The van der Waals surface area contributed by atoms with Gasteiger partial charge < -0.3 is 25.4 Å². The van der Waals surface area contributed by atoms with Gasteiger partial charge in [0.2, 0.25) is 5.79 Å². The van der Waals surface area contributed by atoms with Crippen molar-refractivity contribution in [3.63, 3.8) is 0 Å². The van der Waals surface area contributed by atoms with Gasteiger partial charge in [0.1, 0.15) is 29.8 Å². The highest BCUT2D eigenvalue weighted by molar-refractivity contribution is 5.78. The fourth-order valence-corrected chi connectivity index (χ4v) is 2.66. The zero-order valence-electron chi connectivity index (χ0n) is 12.3. The maximum atomic E-state index is 10.1. The summed E-state index contributed by atoms with van der Waals surface area (Å²) in [7, 11) is 3.55. The molecule has 2 aliphatic heterocycles. The van der Waals surface area contributed by atoms with Crippen molar-refractivity contribution in [2.24, 2.45) is 10.7 Å². The molecular weight excluding hydrogens is 292 g/mol. The molecule has 0 radical (unpaired) electrons. The molecule has 122 valence electrons. The maximum Gasteiger partial charge on any atom is 0.213 e. The summed E-state index contributed by atoms with van der Waals surface area (Å²) >= 11 is 0. The van der Waals surface area contributed by atoms with Crippen molar-refractivity contribution in [2.45, 2.75) is 30.3 Å². The summed E-state index contributed by atoms with van der Waals surface area (Å²) in [6.45, 7) is -0.390. The van der Waals surface area contributed by atoms with Gasteiger partial charge in [-0.25, -0.2) is 9.98 Å². The fourth-order valence-electron chi connectivity index (χ4n) is 2.66. The number of hydrogen-bond acceptors (Lipinski definition) is 9. The van der Waals surface area contributed by atoms with Crippen LogP contribution in [0.1, 0.15) is 11.9 Å². The molecule has 2 aliphatic rings. The second-order valence-electron chi connectivity index (χ2n) is 5.60. The Balaban J connectivity index is 1.98. The molecule has 0 saturated carbocycles. The maximum absolute atomic E-state index is 10.1. The van der Waals surface area contributed by atoms with E-state index < -0.39 is 30.3 Å². The molecule has 1 fully saturated rings. The monoisotopic (exact) mass is 312 g/mol. The number of rotatable bonds is 3. The topological polar surface area (TPSA) is 141 Å². The van der Waals surface area contributed by atoms with Crippen LogP contribution in [0, 0.1) is 0 Å². The zero-order valence-corrected chi connectivity index (χ0v) is 12.3. The van der Waals surface area contributed by atoms with Crippen LogP contribution in [0.3, 0.4) is 0 Å². The summed E-state index contributed by atoms with van der Waals surface area (Å²) < 4.78 is 7.05. The Morgan fingerprint density at radius 1 is 1.45 bits per heavy atom. The van der Waals surface area contributed by atoms with E-state index in [-0.39, 0.29) is 6.61 Å². The highest BCUT2D eigenvalue weighted by Crippen LogP contribution is 2.36. The molecule has 1 unspecified atom stereocenters. The molecule has 1 saturated heterocycles. The van der Waals surface area contributed by atoms with Gasteiger partial charge in [0, 0.05) is 0 Å². The van der Waals surface area contributed by atoms with Crippen LogP contribution in [0.15, 0.2) is 11.3 Å². The number of aliphatic hydroxyl groups is 3. The molecule has 22 heavy (non-hydrogen) atoms. The molecule has 0 spiro atoms. The van der Waals surface area contributed by atoms with Crippen molar-refractivity contribution in [2.75, 3.05) is 26.0 Å². The molecule has 10 heteroatoms. The van der Waals surface area contributed by atoms with E-state index in [9.17, 15) is 15.3 Å². The summed E-state index contributed by atoms with van der Waals surface area (Å²) in [5, 5.41) is 32.1. The lowest BCUT2D eigenvalue weighted by Crippen LogP contribution is -2.50. The van der Waals surface area contributed by atoms with Gasteiger partial charge in [-0.05, 0) is 14.1 Å². The Bertz CT molecular complexity index is 590. The smallest absolute Gasteiger partial charge is 0.213 e. The Morgan fingerprint density at radius 2 is 2.18 bits per heavy atom. The molecule has 3 rings (SSSR count). The number of anilines is 1. The number of aliphatic imine (C=N–C) groups is 1. The number of aliphatic hydroxyl groups excluding tert-OH is 3. The Hall–Kier alpha value is -1.56. The SMILES string of the molecule is CN(C)C1(N)N=CNc2c1ncn2[C@@H]1O[C@H](CO)[C@@H](O)[C@H]1O. The molecule has 3 heterocycles. The highest BCUT2D eigenvalue weighted by atomic mass is 16.6. The Morgan fingerprint density at radius 3 is 2.77 bits per heavy atom. The zero-order chi connectivity index (χ0) is 16.1. The van der Waals surface area contributed by atoms with Gasteiger partial charge in [0.25, 0.3) is 0 Å². The van der Waals surface area contributed by atoms with Crippen LogP contribution in [-0.2, 0) is 10.5 Å². The number of fused-ring (bicyclic) bond motifs is 1. The second kappa shape index (κ2) is 5.26. The van der Waals surface area contributed by atoms with E-state index >= 15 is 0 Å². The lowest BCUT2D eigenvalue weighted by atomic mass is 10.1. The minimum atomic E-state index is -1.19. The number of ether oxygens (including phenoxy) is 1. The van der Waals surface area contributed by atoms with Gasteiger partial charge >= 0.3 is 0 Å². The number of nitrogens with two attached hydrogens (primary N) is 1. The van der Waals surface area contributed by atoms with Crippen LogP contribution in [0.2, 0.25) is 0 Å². The third kappa shape index (κ3) is 2.04. The summed E-state index contributed by atoms with van der Waals surface area (Å²) in [6, 6.07) is 0. The second-order valence-corrected chi connectivity index (χ2v) is 5.60. The van der Waals surface area contributed by atoms with Gasteiger partial charge in [-0.2, -0.15) is 0 Å². The third-order valence-corrected chi connectivity index (χ3v) is 4.08. The van der Waals surface area contributed by atoms with Crippen molar-refractivity contribution in [1.82, 2.24) is 14.5 Å². The molecule has 1 aromatic heterocycles. The normalized spacial score (nSPS) is 37.4. The lowest BCUT2D eigenvalue weighted by Gasteiger charge is -2.34. The van der Waals surface area contributed by atoms with Crippen molar-refractivity contribution < 1.29 is 20.1 Å². The van der Waals surface area contributed by atoms with E-state index in [0.717, 1.165) is 0 Å². The van der Waals surface area contributed by atoms with Crippen LogP contribution >= 0.6 is 0 Å². The summed E-state index contributed by atoms with van der Waals surface area (Å²) in [4.78, 5) is 10.2. The van der Waals surface area contributed by atoms with E-state index in [1.807, 2.05) is 0 Å². The van der Waals surface area contributed by atoms with Crippen LogP contribution in [0.4, 0.5) is 5.82 Å². The minimum Gasteiger partial charge on any atom is -0.394 e. The minimum absolute atomic E-state index is 0.390.